The Kier molecular flexibility index (Phi) is 4.40. The minimum Gasteiger partial charge on any atom is -0.324 e. The van der Waals surface area contributed by atoms with Gasteiger partial charge in [-0.1, -0.05) is 19.1 Å². The molecule has 0 unspecified atom stereocenters. The van der Waals surface area contributed by atoms with E-state index >= 15 is 0 Å². The Bertz CT molecular complexity index is 442. The van der Waals surface area contributed by atoms with E-state index in [1.54, 1.807) is 18.2 Å². The molecule has 0 N–H and O–H groups in total. The highest BCUT2D eigenvalue weighted by Crippen LogP contribution is 2.22. The summed E-state index contributed by atoms with van der Waals surface area (Å²) in [5.41, 5.74) is 0.369. The first-order valence-electron chi connectivity index (χ1n) is 6.94. The van der Waals surface area contributed by atoms with Crippen LogP contribution in [-0.2, 0) is 0 Å². The lowest BCUT2D eigenvalue weighted by atomic mass is 9.99. The first kappa shape index (κ1) is 13.8. The summed E-state index contributed by atoms with van der Waals surface area (Å²) in [4.78, 5) is 15.8. The Labute approximate surface area is 114 Å². The topological polar surface area (TPSA) is 23.6 Å². The summed E-state index contributed by atoms with van der Waals surface area (Å²) < 4.78 is 13.8. The molecule has 0 aromatic heterocycles. The Morgan fingerprint density at radius 3 is 2.58 bits per heavy atom. The minimum atomic E-state index is -0.344. The SMILES string of the molecule is CCN(C(=O)N1CCC(C)CC1)c1ccccc1F. The lowest BCUT2D eigenvalue weighted by molar-refractivity contribution is 0.180. The van der Waals surface area contributed by atoms with Crippen LogP contribution in [-0.4, -0.2) is 30.6 Å². The molecule has 1 fully saturated rings. The van der Waals surface area contributed by atoms with Gasteiger partial charge in [0.25, 0.3) is 0 Å². The van der Waals surface area contributed by atoms with Gasteiger partial charge in [-0.15, -0.1) is 0 Å². The Hall–Kier alpha value is -1.58. The highest BCUT2D eigenvalue weighted by atomic mass is 19.1. The number of anilines is 1. The van der Waals surface area contributed by atoms with E-state index in [0.717, 1.165) is 25.9 Å². The van der Waals surface area contributed by atoms with Crippen LogP contribution in [0.3, 0.4) is 0 Å². The van der Waals surface area contributed by atoms with Crippen molar-refractivity contribution in [2.75, 3.05) is 24.5 Å². The molecule has 19 heavy (non-hydrogen) atoms. The number of urea groups is 1. The number of amides is 2. The number of para-hydroxylation sites is 1. The van der Waals surface area contributed by atoms with Crippen LogP contribution in [0.1, 0.15) is 26.7 Å². The quantitative estimate of drug-likeness (QED) is 0.802. The highest BCUT2D eigenvalue weighted by Gasteiger charge is 2.26. The molecule has 4 heteroatoms. The van der Waals surface area contributed by atoms with Crippen LogP contribution in [0.5, 0.6) is 0 Å². The van der Waals surface area contributed by atoms with Crippen molar-refractivity contribution in [2.45, 2.75) is 26.7 Å². The summed E-state index contributed by atoms with van der Waals surface area (Å²) >= 11 is 0. The average molecular weight is 264 g/mol. The van der Waals surface area contributed by atoms with Gasteiger partial charge in [0.1, 0.15) is 5.82 Å². The molecular formula is C15H21FN2O. The summed E-state index contributed by atoms with van der Waals surface area (Å²) in [6.45, 7) is 6.09. The number of nitrogens with zero attached hydrogens (tertiary/aromatic N) is 2. The molecule has 104 valence electrons. The van der Waals surface area contributed by atoms with Crippen molar-refractivity contribution in [1.82, 2.24) is 4.90 Å². The zero-order valence-corrected chi connectivity index (χ0v) is 11.6. The third-order valence-corrected chi connectivity index (χ3v) is 3.74. The number of likely N-dealkylation sites (tertiary alicyclic amines) is 1. The van der Waals surface area contributed by atoms with E-state index < -0.39 is 0 Å². The van der Waals surface area contributed by atoms with Gasteiger partial charge >= 0.3 is 6.03 Å². The van der Waals surface area contributed by atoms with Gasteiger partial charge in [-0.25, -0.2) is 9.18 Å². The zero-order valence-electron chi connectivity index (χ0n) is 11.6. The van der Waals surface area contributed by atoms with E-state index in [2.05, 4.69) is 6.92 Å². The average Bonchev–Trinajstić information content (AvgIpc) is 2.42. The monoisotopic (exact) mass is 264 g/mol. The van der Waals surface area contributed by atoms with E-state index in [-0.39, 0.29) is 11.8 Å². The number of halogens is 1. The van der Waals surface area contributed by atoms with Gasteiger partial charge in [-0.05, 0) is 37.8 Å². The second-order valence-electron chi connectivity index (χ2n) is 5.15. The third kappa shape index (κ3) is 3.06. The van der Waals surface area contributed by atoms with Crippen molar-refractivity contribution in [2.24, 2.45) is 5.92 Å². The zero-order chi connectivity index (χ0) is 13.8. The lowest BCUT2D eigenvalue weighted by Crippen LogP contribution is -2.46. The fraction of sp³-hybridized carbons (Fsp3) is 0.533. The Morgan fingerprint density at radius 1 is 1.37 bits per heavy atom. The molecule has 0 aliphatic carbocycles. The number of carbonyl (C=O) groups is 1. The van der Waals surface area contributed by atoms with Crippen LogP contribution >= 0.6 is 0 Å². The number of rotatable bonds is 2. The van der Waals surface area contributed by atoms with Gasteiger partial charge in [0, 0.05) is 19.6 Å². The van der Waals surface area contributed by atoms with Crippen molar-refractivity contribution in [3.63, 3.8) is 0 Å². The number of carbonyl (C=O) groups excluding carboxylic acids is 1. The molecule has 0 spiro atoms. The summed E-state index contributed by atoms with van der Waals surface area (Å²) in [6.07, 6.45) is 2.06. The van der Waals surface area contributed by atoms with E-state index in [1.165, 1.54) is 11.0 Å². The van der Waals surface area contributed by atoms with Crippen LogP contribution < -0.4 is 4.90 Å². The normalized spacial score (nSPS) is 16.5. The van der Waals surface area contributed by atoms with Crippen LogP contribution in [0, 0.1) is 11.7 Å². The predicted molar refractivity (Wildman–Crippen MR) is 74.8 cm³/mol. The molecule has 1 aliphatic heterocycles. The standard InChI is InChI=1S/C15H21FN2O/c1-3-18(14-7-5-4-6-13(14)16)15(19)17-10-8-12(2)9-11-17/h4-7,12H,3,8-11H2,1-2H3. The Balaban J connectivity index is 2.14. The molecule has 1 heterocycles. The van der Waals surface area contributed by atoms with Crippen LogP contribution in [0.25, 0.3) is 0 Å². The van der Waals surface area contributed by atoms with Crippen molar-refractivity contribution in [3.05, 3.63) is 30.1 Å². The van der Waals surface area contributed by atoms with Gasteiger partial charge in [0.2, 0.25) is 0 Å². The predicted octanol–water partition coefficient (Wildman–Crippen LogP) is 3.50. The van der Waals surface area contributed by atoms with E-state index in [1.807, 2.05) is 11.8 Å². The minimum absolute atomic E-state index is 0.0838. The first-order valence-corrected chi connectivity index (χ1v) is 6.94. The molecule has 0 saturated carbocycles. The maximum Gasteiger partial charge on any atom is 0.324 e. The van der Waals surface area contributed by atoms with Crippen molar-refractivity contribution >= 4 is 11.7 Å². The van der Waals surface area contributed by atoms with E-state index in [4.69, 9.17) is 0 Å². The molecule has 0 bridgehead atoms. The molecule has 1 aromatic carbocycles. The van der Waals surface area contributed by atoms with Crippen LogP contribution in [0.2, 0.25) is 0 Å². The van der Waals surface area contributed by atoms with E-state index in [9.17, 15) is 9.18 Å². The molecular weight excluding hydrogens is 243 g/mol. The summed E-state index contributed by atoms with van der Waals surface area (Å²) in [5.74, 6) is 0.329. The van der Waals surface area contributed by atoms with Gasteiger partial charge < -0.3 is 4.90 Å². The molecule has 2 rings (SSSR count). The first-order chi connectivity index (χ1) is 9.13. The highest BCUT2D eigenvalue weighted by molar-refractivity contribution is 5.92. The van der Waals surface area contributed by atoms with Gasteiger partial charge in [-0.3, -0.25) is 4.90 Å². The number of hydrogen-bond donors (Lipinski definition) is 0. The summed E-state index contributed by atoms with van der Waals surface area (Å²) in [5, 5.41) is 0. The van der Waals surface area contributed by atoms with Gasteiger partial charge in [0.15, 0.2) is 0 Å². The molecule has 0 radical (unpaired) electrons. The molecule has 1 aromatic rings. The van der Waals surface area contributed by atoms with E-state index in [0.29, 0.717) is 18.2 Å². The Morgan fingerprint density at radius 2 is 2.00 bits per heavy atom. The third-order valence-electron chi connectivity index (χ3n) is 3.74. The largest absolute Gasteiger partial charge is 0.324 e. The fourth-order valence-corrected chi connectivity index (χ4v) is 2.45. The van der Waals surface area contributed by atoms with Crippen LogP contribution in [0.15, 0.2) is 24.3 Å². The van der Waals surface area contributed by atoms with Gasteiger partial charge in [-0.2, -0.15) is 0 Å². The second-order valence-corrected chi connectivity index (χ2v) is 5.15. The maximum absolute atomic E-state index is 13.8. The second kappa shape index (κ2) is 6.04. The molecule has 3 nitrogen and oxygen atoms in total. The van der Waals surface area contributed by atoms with Crippen LogP contribution in [0.4, 0.5) is 14.9 Å². The molecule has 2 amide bonds. The number of hydrogen-bond acceptors (Lipinski definition) is 1. The summed E-state index contributed by atoms with van der Waals surface area (Å²) in [6, 6.07) is 6.36. The number of benzene rings is 1. The fourth-order valence-electron chi connectivity index (χ4n) is 2.45. The van der Waals surface area contributed by atoms with Crippen molar-refractivity contribution in [1.29, 1.82) is 0 Å². The number of piperidine rings is 1. The summed E-state index contributed by atoms with van der Waals surface area (Å²) in [7, 11) is 0. The lowest BCUT2D eigenvalue weighted by Gasteiger charge is -2.34. The molecule has 1 saturated heterocycles. The van der Waals surface area contributed by atoms with Crippen molar-refractivity contribution in [3.8, 4) is 0 Å². The molecule has 0 atom stereocenters. The van der Waals surface area contributed by atoms with Gasteiger partial charge in [0.05, 0.1) is 5.69 Å². The smallest absolute Gasteiger partial charge is 0.324 e. The maximum atomic E-state index is 13.8. The molecule has 1 aliphatic rings. The van der Waals surface area contributed by atoms with Crippen molar-refractivity contribution < 1.29 is 9.18 Å².